The molecule has 18 heavy (non-hydrogen) atoms. The van der Waals surface area contributed by atoms with Gasteiger partial charge >= 0.3 is 0 Å². The van der Waals surface area contributed by atoms with Crippen LogP contribution in [0.3, 0.4) is 0 Å². The summed E-state index contributed by atoms with van der Waals surface area (Å²) in [7, 11) is 1.65. The number of hydrogen-bond acceptors (Lipinski definition) is 3. The molecule has 1 atom stereocenters. The Hall–Kier alpha value is -0.770. The highest BCUT2D eigenvalue weighted by Gasteiger charge is 2.18. The molecule has 0 fully saturated rings. The van der Waals surface area contributed by atoms with Gasteiger partial charge < -0.3 is 4.74 Å². The van der Waals surface area contributed by atoms with E-state index in [-0.39, 0.29) is 6.04 Å². The van der Waals surface area contributed by atoms with Gasteiger partial charge in [-0.1, -0.05) is 44.4 Å². The molecule has 0 aliphatic carbocycles. The highest BCUT2D eigenvalue weighted by molar-refractivity contribution is 6.30. The average molecular weight is 271 g/mol. The van der Waals surface area contributed by atoms with Crippen LogP contribution in [-0.4, -0.2) is 7.11 Å². The van der Waals surface area contributed by atoms with Gasteiger partial charge in [-0.3, -0.25) is 11.3 Å². The Bertz CT molecular complexity index is 367. The van der Waals surface area contributed by atoms with Crippen LogP contribution in [-0.2, 0) is 0 Å². The summed E-state index contributed by atoms with van der Waals surface area (Å²) >= 11 is 5.97. The van der Waals surface area contributed by atoms with Gasteiger partial charge in [-0.15, -0.1) is 0 Å². The van der Waals surface area contributed by atoms with E-state index in [1.165, 1.54) is 0 Å². The van der Waals surface area contributed by atoms with E-state index in [1.807, 2.05) is 18.2 Å². The van der Waals surface area contributed by atoms with Gasteiger partial charge in [-0.2, -0.15) is 0 Å². The van der Waals surface area contributed by atoms with Crippen molar-refractivity contribution >= 4 is 11.6 Å². The van der Waals surface area contributed by atoms with E-state index in [9.17, 15) is 0 Å². The van der Waals surface area contributed by atoms with Crippen molar-refractivity contribution in [1.29, 1.82) is 0 Å². The number of nitrogens with two attached hydrogens (primary N) is 1. The fourth-order valence-corrected chi connectivity index (χ4v) is 2.38. The Balaban J connectivity index is 2.93. The first kappa shape index (κ1) is 15.3. The van der Waals surface area contributed by atoms with E-state index in [4.69, 9.17) is 22.2 Å². The van der Waals surface area contributed by atoms with Crippen LogP contribution in [0.15, 0.2) is 18.2 Å². The summed E-state index contributed by atoms with van der Waals surface area (Å²) in [4.78, 5) is 0. The quantitative estimate of drug-likeness (QED) is 0.587. The van der Waals surface area contributed by atoms with E-state index in [2.05, 4.69) is 19.3 Å². The van der Waals surface area contributed by atoms with Crippen LogP contribution in [0.25, 0.3) is 0 Å². The van der Waals surface area contributed by atoms with Gasteiger partial charge in [0, 0.05) is 16.6 Å². The molecule has 3 nitrogen and oxygen atoms in total. The molecule has 0 spiro atoms. The van der Waals surface area contributed by atoms with Crippen LogP contribution in [0.5, 0.6) is 5.75 Å². The van der Waals surface area contributed by atoms with Crippen molar-refractivity contribution in [1.82, 2.24) is 5.43 Å². The van der Waals surface area contributed by atoms with Gasteiger partial charge in [0.2, 0.25) is 0 Å². The highest BCUT2D eigenvalue weighted by Crippen LogP contribution is 2.32. The van der Waals surface area contributed by atoms with Crippen LogP contribution < -0.4 is 16.0 Å². The number of halogens is 1. The maximum Gasteiger partial charge on any atom is 0.125 e. The molecule has 1 aromatic carbocycles. The predicted molar refractivity (Wildman–Crippen MR) is 76.8 cm³/mol. The molecule has 0 bridgehead atoms. The van der Waals surface area contributed by atoms with E-state index in [1.54, 1.807) is 7.11 Å². The first-order valence-electron chi connectivity index (χ1n) is 6.45. The topological polar surface area (TPSA) is 47.3 Å². The summed E-state index contributed by atoms with van der Waals surface area (Å²) in [5, 5.41) is 0.675. The van der Waals surface area contributed by atoms with Crippen molar-refractivity contribution in [3.63, 3.8) is 0 Å². The minimum absolute atomic E-state index is 0.0992. The Morgan fingerprint density at radius 1 is 1.33 bits per heavy atom. The van der Waals surface area contributed by atoms with Gasteiger partial charge in [0.25, 0.3) is 0 Å². The fourth-order valence-electron chi connectivity index (χ4n) is 2.21. The molecule has 0 aliphatic heterocycles. The largest absolute Gasteiger partial charge is 0.496 e. The maximum atomic E-state index is 5.97. The molecule has 1 rings (SSSR count). The lowest BCUT2D eigenvalue weighted by molar-refractivity contribution is 0.356. The third-order valence-corrected chi connectivity index (χ3v) is 3.73. The normalized spacial score (nSPS) is 12.8. The molecule has 0 saturated carbocycles. The molecule has 3 N–H and O–H groups in total. The molecule has 0 heterocycles. The molecule has 0 aliphatic rings. The van der Waals surface area contributed by atoms with Crippen molar-refractivity contribution < 1.29 is 4.74 Å². The number of hydrazine groups is 1. The van der Waals surface area contributed by atoms with Gasteiger partial charge in [0.05, 0.1) is 7.11 Å². The molecule has 102 valence electrons. The van der Waals surface area contributed by atoms with Crippen molar-refractivity contribution in [2.45, 2.75) is 39.2 Å². The maximum absolute atomic E-state index is 5.97. The Kier molecular flexibility index (Phi) is 6.47. The van der Waals surface area contributed by atoms with Crippen LogP contribution in [0.2, 0.25) is 5.02 Å². The Morgan fingerprint density at radius 2 is 2.00 bits per heavy atom. The van der Waals surface area contributed by atoms with Crippen LogP contribution in [0, 0.1) is 5.92 Å². The number of benzene rings is 1. The highest BCUT2D eigenvalue weighted by atomic mass is 35.5. The van der Waals surface area contributed by atoms with Crippen LogP contribution >= 0.6 is 11.6 Å². The molecule has 0 saturated heterocycles. The summed E-state index contributed by atoms with van der Waals surface area (Å²) in [6, 6.07) is 5.78. The van der Waals surface area contributed by atoms with Crippen molar-refractivity contribution in [2.24, 2.45) is 11.8 Å². The van der Waals surface area contributed by atoms with Gasteiger partial charge in [0.15, 0.2) is 0 Å². The van der Waals surface area contributed by atoms with E-state index in [0.29, 0.717) is 10.9 Å². The third kappa shape index (κ3) is 3.87. The van der Waals surface area contributed by atoms with E-state index < -0.39 is 0 Å². The zero-order valence-corrected chi connectivity index (χ0v) is 12.1. The Morgan fingerprint density at radius 3 is 2.50 bits per heavy atom. The van der Waals surface area contributed by atoms with Gasteiger partial charge in [0.1, 0.15) is 5.75 Å². The predicted octanol–water partition coefficient (Wildman–Crippen LogP) is 3.68. The fraction of sp³-hybridized carbons (Fsp3) is 0.571. The minimum Gasteiger partial charge on any atom is -0.496 e. The average Bonchev–Trinajstić information content (AvgIpc) is 2.41. The number of hydrogen-bond donors (Lipinski definition) is 2. The summed E-state index contributed by atoms with van der Waals surface area (Å²) in [5.74, 6) is 7.13. The Labute approximate surface area is 115 Å². The lowest BCUT2D eigenvalue weighted by Crippen LogP contribution is -2.30. The second-order valence-corrected chi connectivity index (χ2v) is 4.96. The SMILES string of the molecule is CCC(CC)CC(NN)c1ccc(Cl)cc1OC. The molecular formula is C14H23ClN2O. The van der Waals surface area contributed by atoms with Gasteiger partial charge in [-0.25, -0.2) is 0 Å². The van der Waals surface area contributed by atoms with E-state index >= 15 is 0 Å². The molecular weight excluding hydrogens is 248 g/mol. The van der Waals surface area contributed by atoms with Crippen molar-refractivity contribution in [3.05, 3.63) is 28.8 Å². The summed E-state index contributed by atoms with van der Waals surface area (Å²) in [5.41, 5.74) is 3.95. The summed E-state index contributed by atoms with van der Waals surface area (Å²) in [6.45, 7) is 4.42. The molecule has 1 unspecified atom stereocenters. The zero-order valence-electron chi connectivity index (χ0n) is 11.4. The van der Waals surface area contributed by atoms with E-state index in [0.717, 1.165) is 30.6 Å². The molecule has 1 aromatic rings. The minimum atomic E-state index is 0.0992. The van der Waals surface area contributed by atoms with Crippen molar-refractivity contribution in [3.8, 4) is 5.75 Å². The van der Waals surface area contributed by atoms with Crippen molar-refractivity contribution in [2.75, 3.05) is 7.11 Å². The number of rotatable bonds is 7. The number of ether oxygens (including phenoxy) is 1. The summed E-state index contributed by atoms with van der Waals surface area (Å²) < 4.78 is 5.38. The van der Waals surface area contributed by atoms with Crippen LogP contribution in [0.4, 0.5) is 0 Å². The lowest BCUT2D eigenvalue weighted by Gasteiger charge is -2.23. The molecule has 4 heteroatoms. The number of nitrogens with one attached hydrogen (secondary N) is 1. The second kappa shape index (κ2) is 7.62. The summed E-state index contributed by atoms with van der Waals surface area (Å²) in [6.07, 6.45) is 3.32. The monoisotopic (exact) mass is 270 g/mol. The standard InChI is InChI=1S/C14H23ClN2O/c1-4-10(5-2)8-13(17-16)12-7-6-11(15)9-14(12)18-3/h6-7,9-10,13,17H,4-5,8,16H2,1-3H3. The second-order valence-electron chi connectivity index (χ2n) is 4.52. The lowest BCUT2D eigenvalue weighted by atomic mass is 9.91. The molecule has 0 radical (unpaired) electrons. The molecule has 0 aromatic heterocycles. The molecule has 0 amide bonds. The third-order valence-electron chi connectivity index (χ3n) is 3.50. The first-order valence-corrected chi connectivity index (χ1v) is 6.83. The number of methoxy groups -OCH3 is 1. The van der Waals surface area contributed by atoms with Crippen LogP contribution in [0.1, 0.15) is 44.7 Å². The van der Waals surface area contributed by atoms with Gasteiger partial charge in [-0.05, 0) is 24.5 Å². The smallest absolute Gasteiger partial charge is 0.125 e. The zero-order chi connectivity index (χ0) is 13.5. The first-order chi connectivity index (χ1) is 8.65.